The Morgan fingerprint density at radius 3 is 2.36 bits per heavy atom. The average Bonchev–Trinajstić information content (AvgIpc) is 3.23. The van der Waals surface area contributed by atoms with Crippen molar-refractivity contribution in [3.8, 4) is 11.6 Å². The van der Waals surface area contributed by atoms with Crippen LogP contribution in [-0.4, -0.2) is 29.3 Å². The summed E-state index contributed by atoms with van der Waals surface area (Å²) in [5, 5.41) is 14.2. The highest BCUT2D eigenvalue weighted by Crippen LogP contribution is 2.27. The molecule has 0 bridgehead atoms. The van der Waals surface area contributed by atoms with Crippen LogP contribution >= 0.6 is 0 Å². The molecule has 0 radical (unpaired) electrons. The van der Waals surface area contributed by atoms with Gasteiger partial charge in [0.2, 0.25) is 5.91 Å². The summed E-state index contributed by atoms with van der Waals surface area (Å²) >= 11 is 0. The molecule has 0 N–H and O–H groups in total. The van der Waals surface area contributed by atoms with Crippen molar-refractivity contribution in [1.82, 2.24) is 9.13 Å². The van der Waals surface area contributed by atoms with E-state index in [4.69, 9.17) is 9.47 Å². The average molecular weight is 490 g/mol. The van der Waals surface area contributed by atoms with E-state index in [9.17, 15) is 14.8 Å². The van der Waals surface area contributed by atoms with Gasteiger partial charge in [0, 0.05) is 31.3 Å². The summed E-state index contributed by atoms with van der Waals surface area (Å²) < 4.78 is 14.7. The zero-order chi connectivity index (χ0) is 26.0. The first-order valence-corrected chi connectivity index (χ1v) is 11.9. The van der Waals surface area contributed by atoms with E-state index >= 15 is 0 Å². The molecule has 2 aromatic carbocycles. The van der Waals surface area contributed by atoms with E-state index in [1.165, 1.54) is 14.0 Å². The molecular formula is C28H31N3O5. The minimum atomic E-state index is -0.347. The highest BCUT2D eigenvalue weighted by molar-refractivity contribution is 5.93. The van der Waals surface area contributed by atoms with E-state index in [0.29, 0.717) is 22.6 Å². The second-order valence-electron chi connectivity index (χ2n) is 9.27. The topological polar surface area (TPSA) is 89.4 Å². The van der Waals surface area contributed by atoms with Crippen LogP contribution in [0, 0.1) is 11.1 Å². The Morgan fingerprint density at radius 2 is 1.75 bits per heavy atom. The number of fused-ring (bicyclic) bond motifs is 1. The van der Waals surface area contributed by atoms with Crippen LogP contribution in [0.15, 0.2) is 59.5 Å². The lowest BCUT2D eigenvalue weighted by Crippen LogP contribution is -2.46. The molecule has 0 fully saturated rings. The number of rotatable bonds is 8. The molecule has 8 nitrogen and oxygen atoms in total. The highest BCUT2D eigenvalue weighted by Gasteiger charge is 2.29. The zero-order valence-electron chi connectivity index (χ0n) is 21.3. The Hall–Kier alpha value is -4.07. The molecule has 0 saturated carbocycles. The van der Waals surface area contributed by atoms with Crippen LogP contribution in [0.4, 0.5) is 0 Å². The van der Waals surface area contributed by atoms with E-state index in [2.05, 4.69) is 0 Å². The molecule has 0 aliphatic rings. The Kier molecular flexibility index (Phi) is 7.15. The van der Waals surface area contributed by atoms with Crippen molar-refractivity contribution >= 4 is 16.8 Å². The van der Waals surface area contributed by atoms with Crippen LogP contribution < -0.4 is 19.8 Å². The number of hydrogen-bond donors (Lipinski definition) is 0. The molecule has 2 aromatic heterocycles. The molecule has 0 amide bonds. The summed E-state index contributed by atoms with van der Waals surface area (Å²) in [6.07, 6.45) is 2.33. The summed E-state index contributed by atoms with van der Waals surface area (Å²) in [7, 11) is 3.04. The van der Waals surface area contributed by atoms with E-state index in [1.807, 2.05) is 62.4 Å². The first-order valence-electron chi connectivity index (χ1n) is 11.9. The first-order chi connectivity index (χ1) is 17.2. The number of benzene rings is 2. The fourth-order valence-corrected chi connectivity index (χ4v) is 4.56. The van der Waals surface area contributed by atoms with Gasteiger partial charge in [-0.05, 0) is 35.2 Å². The predicted octanol–water partition coefficient (Wildman–Crippen LogP) is 3.95. The monoisotopic (exact) mass is 489 g/mol. The molecule has 0 saturated heterocycles. The second kappa shape index (κ2) is 10.3. The van der Waals surface area contributed by atoms with Crippen LogP contribution in [0.1, 0.15) is 48.1 Å². The van der Waals surface area contributed by atoms with Crippen molar-refractivity contribution in [3.05, 3.63) is 92.8 Å². The van der Waals surface area contributed by atoms with Gasteiger partial charge >= 0.3 is 11.4 Å². The van der Waals surface area contributed by atoms with Crippen LogP contribution in [0.5, 0.6) is 11.6 Å². The lowest BCUT2D eigenvalue weighted by Gasteiger charge is -2.18. The predicted molar refractivity (Wildman–Crippen MR) is 138 cm³/mol. The van der Waals surface area contributed by atoms with Crippen molar-refractivity contribution < 1.29 is 19.0 Å². The van der Waals surface area contributed by atoms with Gasteiger partial charge in [-0.2, -0.15) is 0 Å². The number of carbonyl (C=O) groups is 1. The molecule has 0 spiro atoms. The third-order valence-electron chi connectivity index (χ3n) is 6.28. The molecule has 4 rings (SSSR count). The van der Waals surface area contributed by atoms with Gasteiger partial charge < -0.3 is 14.7 Å². The standard InChI is InChI=1S/C28H31N3O5/c1-18(2)14-25-27(33)30(16-20-10-12-22(35-4)13-11-20)26(28(36-5)31(25)34)15-21-17-29(19(3)32)24-9-7-6-8-23(21)24/h6-13,17-18H,14-16H2,1-5H3. The Balaban J connectivity index is 1.93. The van der Waals surface area contributed by atoms with Gasteiger partial charge in [-0.3, -0.25) is 18.7 Å². The fourth-order valence-electron chi connectivity index (χ4n) is 4.56. The van der Waals surface area contributed by atoms with Crippen LogP contribution in [0.25, 0.3) is 10.9 Å². The smallest absolute Gasteiger partial charge is 0.400 e. The zero-order valence-corrected chi connectivity index (χ0v) is 21.3. The minimum Gasteiger partial charge on any atom is -0.616 e. The number of carbonyl (C=O) groups excluding carboxylic acids is 1. The van der Waals surface area contributed by atoms with Crippen LogP contribution in [-0.2, 0) is 19.4 Å². The van der Waals surface area contributed by atoms with Gasteiger partial charge in [0.25, 0.3) is 5.69 Å². The molecule has 188 valence electrons. The SMILES string of the molecule is COc1ccc(Cn2c(Cc3cn(C(C)=O)c4ccccc34)c(OC)[n+]([O-])c(CC(C)C)c2=O)cc1. The largest absolute Gasteiger partial charge is 0.616 e. The third-order valence-corrected chi connectivity index (χ3v) is 6.28. The summed E-state index contributed by atoms with van der Waals surface area (Å²) in [5.74, 6) is 0.785. The van der Waals surface area contributed by atoms with Crippen LogP contribution in [0.3, 0.4) is 0 Å². The van der Waals surface area contributed by atoms with E-state index in [1.54, 1.807) is 22.4 Å². The fraction of sp³-hybridized carbons (Fsp3) is 0.321. The summed E-state index contributed by atoms with van der Waals surface area (Å²) in [5.41, 5.74) is 2.72. The van der Waals surface area contributed by atoms with Crippen molar-refractivity contribution in [3.63, 3.8) is 0 Å². The summed E-state index contributed by atoms with van der Waals surface area (Å²) in [6, 6.07) is 15.0. The minimum absolute atomic E-state index is 0.0819. The Bertz CT molecular complexity index is 1470. The van der Waals surface area contributed by atoms with Gasteiger partial charge in [-0.15, -0.1) is 4.73 Å². The first kappa shape index (κ1) is 25.0. The van der Waals surface area contributed by atoms with E-state index < -0.39 is 0 Å². The molecule has 2 heterocycles. The number of methoxy groups -OCH3 is 2. The van der Waals surface area contributed by atoms with E-state index in [0.717, 1.165) is 22.0 Å². The van der Waals surface area contributed by atoms with E-state index in [-0.39, 0.29) is 41.9 Å². The molecular weight excluding hydrogens is 458 g/mol. The molecule has 4 aromatic rings. The second-order valence-corrected chi connectivity index (χ2v) is 9.27. The van der Waals surface area contributed by atoms with Crippen molar-refractivity contribution in [1.29, 1.82) is 0 Å². The van der Waals surface area contributed by atoms with Gasteiger partial charge in [-0.25, -0.2) is 0 Å². The van der Waals surface area contributed by atoms with Crippen LogP contribution in [0.2, 0.25) is 0 Å². The quantitative estimate of drug-likeness (QED) is 0.276. The maximum Gasteiger partial charge on any atom is 0.400 e. The third kappa shape index (κ3) is 4.71. The number of ether oxygens (including phenoxy) is 2. The number of para-hydroxylation sites is 1. The maximum atomic E-state index is 13.7. The number of nitrogens with zero attached hydrogens (tertiary/aromatic N) is 3. The molecule has 0 atom stereocenters. The molecule has 0 unspecified atom stereocenters. The number of aromatic nitrogens is 3. The molecule has 0 aliphatic carbocycles. The number of hydrogen-bond acceptors (Lipinski definition) is 5. The summed E-state index contributed by atoms with van der Waals surface area (Å²) in [6.45, 7) is 5.68. The van der Waals surface area contributed by atoms with Crippen molar-refractivity contribution in [2.75, 3.05) is 14.2 Å². The Labute approximate surface area is 209 Å². The molecule has 8 heteroatoms. The lowest BCUT2D eigenvalue weighted by atomic mass is 10.1. The summed E-state index contributed by atoms with van der Waals surface area (Å²) in [4.78, 5) is 26.0. The lowest BCUT2D eigenvalue weighted by molar-refractivity contribution is -0.623. The normalized spacial score (nSPS) is 11.3. The van der Waals surface area contributed by atoms with Gasteiger partial charge in [-0.1, -0.05) is 44.2 Å². The molecule has 36 heavy (non-hydrogen) atoms. The maximum absolute atomic E-state index is 13.7. The van der Waals surface area contributed by atoms with Crippen molar-refractivity contribution in [2.45, 2.75) is 40.2 Å². The van der Waals surface area contributed by atoms with Gasteiger partial charge in [0.1, 0.15) is 11.4 Å². The van der Waals surface area contributed by atoms with Gasteiger partial charge in [0.05, 0.1) is 26.3 Å². The Morgan fingerprint density at radius 1 is 1.06 bits per heavy atom. The van der Waals surface area contributed by atoms with Gasteiger partial charge in [0.15, 0.2) is 0 Å². The molecule has 0 aliphatic heterocycles. The van der Waals surface area contributed by atoms with Crippen molar-refractivity contribution in [2.24, 2.45) is 5.92 Å². The highest BCUT2D eigenvalue weighted by atomic mass is 16.5.